The first-order valence-electron chi connectivity index (χ1n) is 7.72. The Morgan fingerprint density at radius 1 is 1.35 bits per heavy atom. The lowest BCUT2D eigenvalue weighted by Crippen LogP contribution is -2.39. The van der Waals surface area contributed by atoms with Gasteiger partial charge in [-0.3, -0.25) is 4.99 Å². The van der Waals surface area contributed by atoms with Gasteiger partial charge in [0.25, 0.3) is 0 Å². The highest BCUT2D eigenvalue weighted by Gasteiger charge is 2.34. The monoisotopic (exact) mass is 308 g/mol. The van der Waals surface area contributed by atoms with Crippen molar-refractivity contribution in [3.05, 3.63) is 22.4 Å². The van der Waals surface area contributed by atoms with Crippen molar-refractivity contribution in [3.8, 4) is 0 Å². The Kier molecular flexibility index (Phi) is 4.72. The fourth-order valence-electron chi connectivity index (χ4n) is 3.24. The maximum Gasteiger partial charge on any atom is 0.156 e. The molecule has 1 N–H and O–H groups in total. The molecule has 0 aromatic carbocycles. The lowest BCUT2D eigenvalue weighted by atomic mass is 9.75. The number of thiophene rings is 1. The highest BCUT2D eigenvalue weighted by Crippen LogP contribution is 2.41. The number of nitrogens with one attached hydrogen (secondary N) is 1. The van der Waals surface area contributed by atoms with Gasteiger partial charge in [-0.25, -0.2) is 0 Å². The number of amidine groups is 1. The zero-order valence-electron chi connectivity index (χ0n) is 12.2. The summed E-state index contributed by atoms with van der Waals surface area (Å²) in [6, 6.07) is 4.82. The molecule has 4 heteroatoms. The molecule has 1 spiro atoms. The second-order valence-electron chi connectivity index (χ2n) is 6.30. The molecule has 1 aliphatic heterocycles. The van der Waals surface area contributed by atoms with Crippen LogP contribution in [-0.4, -0.2) is 23.5 Å². The Hall–Kier alpha value is -0.480. The summed E-state index contributed by atoms with van der Waals surface area (Å²) in [5, 5.41) is 6.92. The van der Waals surface area contributed by atoms with E-state index in [1.54, 1.807) is 0 Å². The van der Waals surface area contributed by atoms with Gasteiger partial charge in [-0.2, -0.15) is 0 Å². The first-order valence-corrected chi connectivity index (χ1v) is 9.59. The average Bonchev–Trinajstić information content (AvgIpc) is 2.95. The molecule has 2 heterocycles. The fourth-order valence-corrected chi connectivity index (χ4v) is 5.33. The van der Waals surface area contributed by atoms with Crippen molar-refractivity contribution in [2.24, 2.45) is 10.4 Å². The van der Waals surface area contributed by atoms with E-state index in [0.717, 1.165) is 13.0 Å². The van der Waals surface area contributed by atoms with Gasteiger partial charge in [-0.15, -0.1) is 11.3 Å². The van der Waals surface area contributed by atoms with Crippen LogP contribution in [0, 0.1) is 5.41 Å². The van der Waals surface area contributed by atoms with Crippen LogP contribution in [0.2, 0.25) is 0 Å². The minimum absolute atomic E-state index is 0.473. The van der Waals surface area contributed by atoms with Crippen LogP contribution in [0.25, 0.3) is 0 Å². The third-order valence-electron chi connectivity index (χ3n) is 4.44. The van der Waals surface area contributed by atoms with Gasteiger partial charge >= 0.3 is 0 Å². The molecule has 1 aromatic heterocycles. The number of nitrogens with zero attached hydrogens (tertiary/aromatic N) is 1. The summed E-state index contributed by atoms with van der Waals surface area (Å²) < 4.78 is 0. The Bertz CT molecular complexity index is 447. The van der Waals surface area contributed by atoms with Crippen LogP contribution < -0.4 is 5.32 Å². The molecule has 1 aromatic rings. The van der Waals surface area contributed by atoms with Gasteiger partial charge in [0.15, 0.2) is 5.17 Å². The van der Waals surface area contributed by atoms with Crippen LogP contribution in [0.15, 0.2) is 22.5 Å². The molecular weight excluding hydrogens is 284 g/mol. The van der Waals surface area contributed by atoms with E-state index in [1.165, 1.54) is 47.9 Å². The van der Waals surface area contributed by atoms with E-state index in [2.05, 4.69) is 29.8 Å². The van der Waals surface area contributed by atoms with E-state index in [-0.39, 0.29) is 0 Å². The van der Waals surface area contributed by atoms with Gasteiger partial charge in [-0.1, -0.05) is 37.1 Å². The van der Waals surface area contributed by atoms with Crippen LogP contribution >= 0.6 is 23.1 Å². The molecule has 0 radical (unpaired) electrons. The van der Waals surface area contributed by atoms with Gasteiger partial charge in [0.05, 0.1) is 0 Å². The van der Waals surface area contributed by atoms with E-state index in [9.17, 15) is 0 Å². The first-order chi connectivity index (χ1) is 9.76. The summed E-state index contributed by atoms with van der Waals surface area (Å²) >= 11 is 3.80. The minimum Gasteiger partial charge on any atom is -0.362 e. The first kappa shape index (κ1) is 14.5. The summed E-state index contributed by atoms with van der Waals surface area (Å²) in [5.74, 6) is 1.27. The molecule has 0 amide bonds. The summed E-state index contributed by atoms with van der Waals surface area (Å²) in [4.78, 5) is 6.30. The van der Waals surface area contributed by atoms with E-state index in [4.69, 9.17) is 4.99 Å². The van der Waals surface area contributed by atoms with Crippen molar-refractivity contribution in [1.82, 2.24) is 5.32 Å². The van der Waals surface area contributed by atoms with Crippen molar-refractivity contribution < 1.29 is 0 Å². The molecule has 20 heavy (non-hydrogen) atoms. The third kappa shape index (κ3) is 3.59. The maximum atomic E-state index is 4.85. The normalized spacial score (nSPS) is 23.4. The second kappa shape index (κ2) is 6.52. The molecule has 0 bridgehead atoms. The lowest BCUT2D eigenvalue weighted by Gasteiger charge is -2.38. The summed E-state index contributed by atoms with van der Waals surface area (Å²) in [7, 11) is 0. The quantitative estimate of drug-likeness (QED) is 0.899. The predicted molar refractivity (Wildman–Crippen MR) is 90.9 cm³/mol. The summed E-state index contributed by atoms with van der Waals surface area (Å²) in [5.41, 5.74) is 0.533. The number of hydrogen-bond donors (Lipinski definition) is 1. The highest BCUT2D eigenvalue weighted by molar-refractivity contribution is 8.13. The van der Waals surface area contributed by atoms with E-state index < -0.39 is 0 Å². The number of thioether (sulfide) groups is 1. The molecule has 1 fully saturated rings. The zero-order valence-corrected chi connectivity index (χ0v) is 13.9. The number of aliphatic imine (C=N–C) groups is 1. The smallest absolute Gasteiger partial charge is 0.156 e. The lowest BCUT2D eigenvalue weighted by molar-refractivity contribution is 0.232. The van der Waals surface area contributed by atoms with E-state index in [1.807, 2.05) is 23.1 Å². The molecule has 0 saturated heterocycles. The molecule has 110 valence electrons. The van der Waals surface area contributed by atoms with Crippen molar-refractivity contribution in [1.29, 1.82) is 0 Å². The Morgan fingerprint density at radius 2 is 2.20 bits per heavy atom. The van der Waals surface area contributed by atoms with Crippen molar-refractivity contribution in [2.75, 3.05) is 12.3 Å². The topological polar surface area (TPSA) is 24.4 Å². The molecule has 1 saturated carbocycles. The zero-order chi connectivity index (χ0) is 13.8. The van der Waals surface area contributed by atoms with Crippen LogP contribution in [0.3, 0.4) is 0 Å². The van der Waals surface area contributed by atoms with Crippen LogP contribution in [-0.2, 0) is 6.42 Å². The van der Waals surface area contributed by atoms with E-state index in [0.29, 0.717) is 11.5 Å². The molecule has 1 atom stereocenters. The van der Waals surface area contributed by atoms with Crippen LogP contribution in [0.1, 0.15) is 43.9 Å². The minimum atomic E-state index is 0.473. The summed E-state index contributed by atoms with van der Waals surface area (Å²) in [6.07, 6.45) is 8.13. The molecule has 3 rings (SSSR count). The average molecular weight is 309 g/mol. The largest absolute Gasteiger partial charge is 0.362 e. The molecule has 1 unspecified atom stereocenters. The number of hydrogen-bond acceptors (Lipinski definition) is 4. The van der Waals surface area contributed by atoms with Crippen molar-refractivity contribution >= 4 is 28.3 Å². The molecule has 2 nitrogen and oxygen atoms in total. The van der Waals surface area contributed by atoms with Crippen molar-refractivity contribution in [2.45, 2.75) is 51.5 Å². The maximum absolute atomic E-state index is 4.85. The van der Waals surface area contributed by atoms with Gasteiger partial charge in [0, 0.05) is 29.6 Å². The second-order valence-corrected chi connectivity index (χ2v) is 8.30. The Morgan fingerprint density at radius 3 is 2.85 bits per heavy atom. The molecule has 1 aliphatic carbocycles. The third-order valence-corrected chi connectivity index (χ3v) is 6.62. The van der Waals surface area contributed by atoms with Gasteiger partial charge in [0.2, 0.25) is 0 Å². The van der Waals surface area contributed by atoms with Crippen LogP contribution in [0.5, 0.6) is 0 Å². The van der Waals surface area contributed by atoms with Crippen LogP contribution in [0.4, 0.5) is 0 Å². The van der Waals surface area contributed by atoms with Gasteiger partial charge < -0.3 is 5.32 Å². The SMILES string of the molecule is CC(Cc1cccs1)NC1=NCC2(CCCCC2)CS1. The Labute approximate surface area is 130 Å². The Balaban J connectivity index is 1.51. The predicted octanol–water partition coefficient (Wildman–Crippen LogP) is 4.32. The van der Waals surface area contributed by atoms with Gasteiger partial charge in [0.1, 0.15) is 0 Å². The molecular formula is C16H24N2S2. The van der Waals surface area contributed by atoms with Crippen molar-refractivity contribution in [3.63, 3.8) is 0 Å². The standard InChI is InChI=1S/C16H24N2S2/c1-13(10-14-6-5-9-19-14)18-15-17-11-16(12-20-15)7-3-2-4-8-16/h5-6,9,13H,2-4,7-8,10-12H2,1H3,(H,17,18). The van der Waals surface area contributed by atoms with E-state index >= 15 is 0 Å². The number of rotatable bonds is 3. The van der Waals surface area contributed by atoms with Gasteiger partial charge in [-0.05, 0) is 36.6 Å². The molecule has 2 aliphatic rings. The fraction of sp³-hybridized carbons (Fsp3) is 0.688. The summed E-state index contributed by atoms with van der Waals surface area (Å²) in [6.45, 7) is 3.31. The highest BCUT2D eigenvalue weighted by atomic mass is 32.2.